The standard InChI is InChI=1S/C10H9BrN2/c11-9-4-6(5-12)7-2-1-3-8(7)10(9)13/h4H,1-3,13H2. The number of nitrogens with two attached hydrogens (primary N) is 1. The lowest BCUT2D eigenvalue weighted by molar-refractivity contribution is 0.911. The van der Waals surface area contributed by atoms with Crippen LogP contribution in [0.3, 0.4) is 0 Å². The Kier molecular flexibility index (Phi) is 2.01. The summed E-state index contributed by atoms with van der Waals surface area (Å²) in [4.78, 5) is 0. The van der Waals surface area contributed by atoms with E-state index in [0.717, 1.165) is 40.5 Å². The summed E-state index contributed by atoms with van der Waals surface area (Å²) in [5.74, 6) is 0. The molecule has 0 saturated carbocycles. The van der Waals surface area contributed by atoms with Crippen molar-refractivity contribution in [1.29, 1.82) is 5.26 Å². The molecular weight excluding hydrogens is 228 g/mol. The summed E-state index contributed by atoms with van der Waals surface area (Å²) < 4.78 is 0.852. The van der Waals surface area contributed by atoms with E-state index in [-0.39, 0.29) is 0 Å². The zero-order valence-electron chi connectivity index (χ0n) is 7.10. The van der Waals surface area contributed by atoms with Crippen molar-refractivity contribution in [2.75, 3.05) is 5.73 Å². The largest absolute Gasteiger partial charge is 0.398 e. The Morgan fingerprint density at radius 3 is 2.77 bits per heavy atom. The van der Waals surface area contributed by atoms with Gasteiger partial charge in [0.1, 0.15) is 0 Å². The van der Waals surface area contributed by atoms with E-state index in [1.807, 2.05) is 6.07 Å². The van der Waals surface area contributed by atoms with Crippen molar-refractivity contribution in [1.82, 2.24) is 0 Å². The molecule has 13 heavy (non-hydrogen) atoms. The van der Waals surface area contributed by atoms with Gasteiger partial charge < -0.3 is 5.73 Å². The molecule has 2 rings (SSSR count). The van der Waals surface area contributed by atoms with Crippen LogP contribution in [0.4, 0.5) is 5.69 Å². The molecule has 0 unspecified atom stereocenters. The van der Waals surface area contributed by atoms with E-state index in [1.165, 1.54) is 5.56 Å². The molecule has 1 aliphatic rings. The molecule has 0 bridgehead atoms. The monoisotopic (exact) mass is 236 g/mol. The van der Waals surface area contributed by atoms with E-state index in [2.05, 4.69) is 22.0 Å². The molecule has 0 aliphatic heterocycles. The van der Waals surface area contributed by atoms with Gasteiger partial charge in [-0.05, 0) is 52.4 Å². The van der Waals surface area contributed by atoms with Crippen LogP contribution in [-0.2, 0) is 12.8 Å². The summed E-state index contributed by atoms with van der Waals surface area (Å²) >= 11 is 3.36. The smallest absolute Gasteiger partial charge is 0.0995 e. The quantitative estimate of drug-likeness (QED) is 0.704. The fourth-order valence-corrected chi connectivity index (χ4v) is 2.34. The molecule has 1 aliphatic carbocycles. The maximum Gasteiger partial charge on any atom is 0.0995 e. The molecule has 0 fully saturated rings. The lowest BCUT2D eigenvalue weighted by atomic mass is 10.0. The zero-order chi connectivity index (χ0) is 9.42. The van der Waals surface area contributed by atoms with Crippen molar-refractivity contribution in [3.05, 3.63) is 27.2 Å². The third-order valence-electron chi connectivity index (χ3n) is 2.52. The summed E-state index contributed by atoms with van der Waals surface area (Å²) in [6.45, 7) is 0. The zero-order valence-corrected chi connectivity index (χ0v) is 8.69. The molecule has 0 heterocycles. The van der Waals surface area contributed by atoms with Gasteiger partial charge in [-0.1, -0.05) is 0 Å². The first-order valence-electron chi connectivity index (χ1n) is 4.24. The fraction of sp³-hybridized carbons (Fsp3) is 0.300. The molecule has 1 aromatic carbocycles. The van der Waals surface area contributed by atoms with Gasteiger partial charge in [0, 0.05) is 10.2 Å². The van der Waals surface area contributed by atoms with E-state index >= 15 is 0 Å². The van der Waals surface area contributed by atoms with Crippen LogP contribution in [0.1, 0.15) is 23.1 Å². The third-order valence-corrected chi connectivity index (χ3v) is 3.17. The predicted octanol–water partition coefficient (Wildman–Crippen LogP) is 2.39. The van der Waals surface area contributed by atoms with Gasteiger partial charge >= 0.3 is 0 Å². The van der Waals surface area contributed by atoms with Crippen LogP contribution in [-0.4, -0.2) is 0 Å². The first kappa shape index (κ1) is 8.58. The average Bonchev–Trinajstić information content (AvgIpc) is 2.60. The van der Waals surface area contributed by atoms with Crippen molar-refractivity contribution in [2.45, 2.75) is 19.3 Å². The Bertz CT molecular complexity index is 404. The normalized spacial score (nSPS) is 13.8. The number of hydrogen-bond donors (Lipinski definition) is 1. The van der Waals surface area contributed by atoms with Crippen LogP contribution in [0.2, 0.25) is 0 Å². The number of nitriles is 1. The van der Waals surface area contributed by atoms with Gasteiger partial charge in [0.15, 0.2) is 0 Å². The van der Waals surface area contributed by atoms with E-state index < -0.39 is 0 Å². The van der Waals surface area contributed by atoms with Gasteiger partial charge in [0.2, 0.25) is 0 Å². The van der Waals surface area contributed by atoms with Crippen molar-refractivity contribution in [3.8, 4) is 6.07 Å². The van der Waals surface area contributed by atoms with Gasteiger partial charge in [0.05, 0.1) is 11.6 Å². The molecule has 3 heteroatoms. The molecule has 2 N–H and O–H groups in total. The Labute approximate surface area is 85.5 Å². The minimum atomic E-state index is 0.772. The maximum atomic E-state index is 8.91. The number of nitrogen functional groups attached to an aromatic ring is 1. The van der Waals surface area contributed by atoms with Gasteiger partial charge in [-0.15, -0.1) is 0 Å². The predicted molar refractivity (Wildman–Crippen MR) is 55.3 cm³/mol. The number of nitrogens with zero attached hydrogens (tertiary/aromatic N) is 1. The van der Waals surface area contributed by atoms with E-state index in [1.54, 1.807) is 0 Å². The number of benzene rings is 1. The number of hydrogen-bond acceptors (Lipinski definition) is 2. The number of rotatable bonds is 0. The summed E-state index contributed by atoms with van der Waals surface area (Å²) in [6, 6.07) is 4.03. The average molecular weight is 237 g/mol. The van der Waals surface area contributed by atoms with Crippen LogP contribution < -0.4 is 5.73 Å². The van der Waals surface area contributed by atoms with Crippen LogP contribution >= 0.6 is 15.9 Å². The van der Waals surface area contributed by atoms with E-state index in [9.17, 15) is 0 Å². The first-order valence-corrected chi connectivity index (χ1v) is 5.03. The minimum Gasteiger partial charge on any atom is -0.398 e. The molecular formula is C10H9BrN2. The van der Waals surface area contributed by atoms with Gasteiger partial charge in [0.25, 0.3) is 0 Å². The highest BCUT2D eigenvalue weighted by atomic mass is 79.9. The Balaban J connectivity index is 2.73. The lowest BCUT2D eigenvalue weighted by Gasteiger charge is -2.07. The molecule has 2 nitrogen and oxygen atoms in total. The van der Waals surface area contributed by atoms with Crippen molar-refractivity contribution < 1.29 is 0 Å². The molecule has 0 radical (unpaired) electrons. The molecule has 0 aromatic heterocycles. The SMILES string of the molecule is N#Cc1cc(Br)c(N)c2c1CCC2. The van der Waals surface area contributed by atoms with E-state index in [4.69, 9.17) is 11.0 Å². The summed E-state index contributed by atoms with van der Waals surface area (Å²) in [5, 5.41) is 8.91. The lowest BCUT2D eigenvalue weighted by Crippen LogP contribution is -1.97. The molecule has 1 aromatic rings. The maximum absolute atomic E-state index is 8.91. The second-order valence-corrected chi connectivity index (χ2v) is 4.10. The second kappa shape index (κ2) is 3.04. The molecule has 0 amide bonds. The number of anilines is 1. The first-order chi connectivity index (χ1) is 6.24. The summed E-state index contributed by atoms with van der Waals surface area (Å²) in [7, 11) is 0. The van der Waals surface area contributed by atoms with Gasteiger partial charge in [-0.3, -0.25) is 0 Å². The van der Waals surface area contributed by atoms with Crippen LogP contribution in [0.5, 0.6) is 0 Å². The molecule has 0 spiro atoms. The highest BCUT2D eigenvalue weighted by Gasteiger charge is 2.19. The van der Waals surface area contributed by atoms with Crippen molar-refractivity contribution in [3.63, 3.8) is 0 Å². The van der Waals surface area contributed by atoms with Crippen molar-refractivity contribution in [2.24, 2.45) is 0 Å². The highest BCUT2D eigenvalue weighted by Crippen LogP contribution is 2.35. The van der Waals surface area contributed by atoms with Crippen LogP contribution in [0.15, 0.2) is 10.5 Å². The minimum absolute atomic E-state index is 0.772. The highest BCUT2D eigenvalue weighted by molar-refractivity contribution is 9.10. The summed E-state index contributed by atoms with van der Waals surface area (Å²) in [5.41, 5.74) is 9.81. The second-order valence-electron chi connectivity index (χ2n) is 3.24. The van der Waals surface area contributed by atoms with Crippen LogP contribution in [0.25, 0.3) is 0 Å². The van der Waals surface area contributed by atoms with Crippen molar-refractivity contribution >= 4 is 21.6 Å². The van der Waals surface area contributed by atoms with Gasteiger partial charge in [-0.2, -0.15) is 5.26 Å². The molecule has 0 saturated heterocycles. The molecule has 66 valence electrons. The van der Waals surface area contributed by atoms with Gasteiger partial charge in [-0.25, -0.2) is 0 Å². The third kappa shape index (κ3) is 1.22. The van der Waals surface area contributed by atoms with Crippen LogP contribution in [0, 0.1) is 11.3 Å². The Morgan fingerprint density at radius 1 is 1.38 bits per heavy atom. The Morgan fingerprint density at radius 2 is 2.08 bits per heavy atom. The van der Waals surface area contributed by atoms with E-state index in [0.29, 0.717) is 0 Å². The fourth-order valence-electron chi connectivity index (χ4n) is 1.87. The molecule has 0 atom stereocenters. The summed E-state index contributed by atoms with van der Waals surface area (Å²) in [6.07, 6.45) is 3.12. The number of halogens is 1. The number of fused-ring (bicyclic) bond motifs is 1. The Hall–Kier alpha value is -1.01. The topological polar surface area (TPSA) is 49.8 Å².